The van der Waals surface area contributed by atoms with E-state index in [2.05, 4.69) is 9.88 Å². The molecular weight excluding hydrogens is 326 g/mol. The van der Waals surface area contributed by atoms with E-state index in [9.17, 15) is 8.78 Å². The largest absolute Gasteiger partial charge is 0.441 e. The maximum Gasteiger partial charge on any atom is 0.229 e. The molecule has 0 saturated carbocycles. The summed E-state index contributed by atoms with van der Waals surface area (Å²) < 4.78 is 37.9. The highest BCUT2D eigenvalue weighted by Crippen LogP contribution is 2.27. The van der Waals surface area contributed by atoms with Crippen LogP contribution in [0.25, 0.3) is 11.5 Å². The molecule has 25 heavy (non-hydrogen) atoms. The number of halogens is 2. The van der Waals surface area contributed by atoms with Crippen molar-refractivity contribution in [1.29, 1.82) is 0 Å². The van der Waals surface area contributed by atoms with Gasteiger partial charge in [0.25, 0.3) is 0 Å². The van der Waals surface area contributed by atoms with Crippen LogP contribution in [0.3, 0.4) is 0 Å². The van der Waals surface area contributed by atoms with E-state index in [-0.39, 0.29) is 11.5 Å². The van der Waals surface area contributed by atoms with E-state index in [0.717, 1.165) is 37.8 Å². The minimum Gasteiger partial charge on any atom is -0.441 e. The Morgan fingerprint density at radius 3 is 2.92 bits per heavy atom. The van der Waals surface area contributed by atoms with Crippen LogP contribution in [0.1, 0.15) is 37.1 Å². The third kappa shape index (κ3) is 4.25. The molecular formula is C19H24F2N2O2. The molecule has 1 fully saturated rings. The number of hydrogen-bond donors (Lipinski definition) is 0. The molecule has 1 unspecified atom stereocenters. The summed E-state index contributed by atoms with van der Waals surface area (Å²) in [4.78, 5) is 6.88. The maximum absolute atomic E-state index is 14.0. The van der Waals surface area contributed by atoms with Gasteiger partial charge in [-0.25, -0.2) is 13.8 Å². The first-order chi connectivity index (χ1) is 12.1. The summed E-state index contributed by atoms with van der Waals surface area (Å²) >= 11 is 0. The van der Waals surface area contributed by atoms with Crippen LogP contribution in [-0.4, -0.2) is 36.2 Å². The van der Waals surface area contributed by atoms with Crippen molar-refractivity contribution in [3.63, 3.8) is 0 Å². The van der Waals surface area contributed by atoms with Crippen molar-refractivity contribution in [3.8, 4) is 11.5 Å². The molecule has 3 rings (SSSR count). The van der Waals surface area contributed by atoms with E-state index in [4.69, 9.17) is 9.15 Å². The van der Waals surface area contributed by atoms with Crippen LogP contribution in [-0.2, 0) is 11.3 Å². The molecule has 1 aliphatic rings. The number of aryl methyl sites for hydroxylation is 1. The third-order valence-corrected chi connectivity index (χ3v) is 4.81. The van der Waals surface area contributed by atoms with Crippen molar-refractivity contribution < 1.29 is 17.9 Å². The highest BCUT2D eigenvalue weighted by Gasteiger charge is 2.25. The molecule has 2 heterocycles. The van der Waals surface area contributed by atoms with Crippen LogP contribution in [0.15, 0.2) is 22.6 Å². The van der Waals surface area contributed by atoms with Gasteiger partial charge in [0.2, 0.25) is 5.89 Å². The highest BCUT2D eigenvalue weighted by molar-refractivity contribution is 5.54. The Morgan fingerprint density at radius 1 is 1.32 bits per heavy atom. The number of methoxy groups -OCH3 is 1. The van der Waals surface area contributed by atoms with Crippen molar-refractivity contribution in [2.75, 3.05) is 20.3 Å². The fourth-order valence-electron chi connectivity index (χ4n) is 3.39. The first kappa shape index (κ1) is 18.0. The summed E-state index contributed by atoms with van der Waals surface area (Å²) in [6, 6.07) is 3.89. The molecule has 0 radical (unpaired) electrons. The van der Waals surface area contributed by atoms with Crippen LogP contribution < -0.4 is 0 Å². The van der Waals surface area contributed by atoms with Crippen LogP contribution in [0.5, 0.6) is 0 Å². The van der Waals surface area contributed by atoms with Crippen LogP contribution in [0.2, 0.25) is 0 Å². The topological polar surface area (TPSA) is 38.5 Å². The van der Waals surface area contributed by atoms with E-state index in [0.29, 0.717) is 18.3 Å². The van der Waals surface area contributed by atoms with Gasteiger partial charge in [-0.15, -0.1) is 0 Å². The maximum atomic E-state index is 14.0. The van der Waals surface area contributed by atoms with E-state index < -0.39 is 11.6 Å². The standard InChI is InChI=1S/C19H24F2N2O2/c1-13-18(12-23-9-4-3-5-15(23)8-10-24-2)22-19(25-13)16-7-6-14(20)11-17(16)21/h6-7,11,15H,3-5,8-10,12H2,1-2H3. The number of oxazole rings is 1. The minimum absolute atomic E-state index is 0.185. The van der Waals surface area contributed by atoms with Gasteiger partial charge in [-0.2, -0.15) is 0 Å². The normalized spacial score (nSPS) is 18.6. The Kier molecular flexibility index (Phi) is 5.81. The van der Waals surface area contributed by atoms with Crippen molar-refractivity contribution >= 4 is 0 Å². The Balaban J connectivity index is 1.77. The van der Waals surface area contributed by atoms with Gasteiger partial charge in [-0.05, 0) is 44.9 Å². The van der Waals surface area contributed by atoms with Crippen molar-refractivity contribution in [2.45, 2.75) is 45.2 Å². The van der Waals surface area contributed by atoms with Crippen LogP contribution in [0, 0.1) is 18.6 Å². The quantitative estimate of drug-likeness (QED) is 0.778. The van der Waals surface area contributed by atoms with Crippen LogP contribution in [0.4, 0.5) is 8.78 Å². The lowest BCUT2D eigenvalue weighted by atomic mass is 9.99. The van der Waals surface area contributed by atoms with Crippen molar-refractivity contribution in [1.82, 2.24) is 9.88 Å². The predicted octanol–water partition coefficient (Wildman–Crippen LogP) is 4.32. The molecule has 1 aliphatic heterocycles. The molecule has 0 aliphatic carbocycles. The third-order valence-electron chi connectivity index (χ3n) is 4.81. The molecule has 4 nitrogen and oxygen atoms in total. The molecule has 1 atom stereocenters. The van der Waals surface area contributed by atoms with Gasteiger partial charge < -0.3 is 9.15 Å². The number of ether oxygens (including phenoxy) is 1. The Hall–Kier alpha value is -1.79. The fourth-order valence-corrected chi connectivity index (χ4v) is 3.39. The number of benzene rings is 1. The Labute approximate surface area is 146 Å². The van der Waals surface area contributed by atoms with Gasteiger partial charge in [-0.1, -0.05) is 6.42 Å². The molecule has 0 amide bonds. The van der Waals surface area contributed by atoms with E-state index in [1.807, 2.05) is 6.92 Å². The number of hydrogen-bond acceptors (Lipinski definition) is 4. The number of likely N-dealkylation sites (tertiary alicyclic amines) is 1. The summed E-state index contributed by atoms with van der Waals surface area (Å²) in [5.74, 6) is -0.395. The van der Waals surface area contributed by atoms with Gasteiger partial charge >= 0.3 is 0 Å². The predicted molar refractivity (Wildman–Crippen MR) is 91.1 cm³/mol. The smallest absolute Gasteiger partial charge is 0.229 e. The summed E-state index contributed by atoms with van der Waals surface area (Å²) in [7, 11) is 1.72. The summed E-state index contributed by atoms with van der Waals surface area (Å²) in [6.45, 7) is 4.26. The zero-order valence-corrected chi connectivity index (χ0v) is 14.7. The highest BCUT2D eigenvalue weighted by atomic mass is 19.1. The number of aromatic nitrogens is 1. The minimum atomic E-state index is -0.663. The number of piperidine rings is 1. The second kappa shape index (κ2) is 8.06. The molecule has 0 spiro atoms. The second-order valence-corrected chi connectivity index (χ2v) is 6.55. The van der Waals surface area contributed by atoms with Crippen molar-refractivity contribution in [2.24, 2.45) is 0 Å². The molecule has 2 aromatic rings. The van der Waals surface area contributed by atoms with Gasteiger partial charge in [-0.3, -0.25) is 4.90 Å². The molecule has 1 aromatic heterocycles. The number of nitrogens with zero attached hydrogens (tertiary/aromatic N) is 2. The van der Waals surface area contributed by atoms with Crippen LogP contribution >= 0.6 is 0 Å². The van der Waals surface area contributed by atoms with E-state index >= 15 is 0 Å². The molecule has 1 saturated heterocycles. The van der Waals surface area contributed by atoms with Gasteiger partial charge in [0.15, 0.2) is 0 Å². The SMILES string of the molecule is COCCC1CCCCN1Cc1nc(-c2ccc(F)cc2F)oc1C. The summed E-state index contributed by atoms with van der Waals surface area (Å²) in [5, 5.41) is 0. The summed E-state index contributed by atoms with van der Waals surface area (Å²) in [6.07, 6.45) is 4.54. The monoisotopic (exact) mass is 350 g/mol. The summed E-state index contributed by atoms with van der Waals surface area (Å²) in [5.41, 5.74) is 0.994. The zero-order valence-electron chi connectivity index (χ0n) is 14.7. The molecule has 1 aromatic carbocycles. The fraction of sp³-hybridized carbons (Fsp3) is 0.526. The van der Waals surface area contributed by atoms with Gasteiger partial charge in [0.05, 0.1) is 11.3 Å². The molecule has 136 valence electrons. The van der Waals surface area contributed by atoms with Gasteiger partial charge in [0, 0.05) is 32.4 Å². The Morgan fingerprint density at radius 2 is 2.16 bits per heavy atom. The van der Waals surface area contributed by atoms with E-state index in [1.54, 1.807) is 7.11 Å². The first-order valence-corrected chi connectivity index (χ1v) is 8.73. The number of rotatable bonds is 6. The lowest BCUT2D eigenvalue weighted by Crippen LogP contribution is -2.39. The van der Waals surface area contributed by atoms with Crippen molar-refractivity contribution in [3.05, 3.63) is 41.3 Å². The molecule has 6 heteroatoms. The second-order valence-electron chi connectivity index (χ2n) is 6.55. The zero-order chi connectivity index (χ0) is 17.8. The average molecular weight is 350 g/mol. The lowest BCUT2D eigenvalue weighted by molar-refractivity contribution is 0.0961. The molecule has 0 bridgehead atoms. The van der Waals surface area contributed by atoms with Gasteiger partial charge in [0.1, 0.15) is 17.4 Å². The first-order valence-electron chi connectivity index (χ1n) is 8.73. The average Bonchev–Trinajstić information content (AvgIpc) is 2.94. The lowest BCUT2D eigenvalue weighted by Gasteiger charge is -2.35. The Bertz CT molecular complexity index is 717. The van der Waals surface area contributed by atoms with E-state index in [1.165, 1.54) is 25.0 Å². The molecule has 0 N–H and O–H groups in total.